The lowest BCUT2D eigenvalue weighted by atomic mass is 9.94. The van der Waals surface area contributed by atoms with Gasteiger partial charge in [-0.2, -0.15) is 13.2 Å². The van der Waals surface area contributed by atoms with Crippen LogP contribution in [0, 0.1) is 5.41 Å². The maximum absolute atomic E-state index is 13.6. The second-order valence-electron chi connectivity index (χ2n) is 6.76. The minimum Gasteiger partial charge on any atom is -0.317 e. The van der Waals surface area contributed by atoms with Gasteiger partial charge in [0.1, 0.15) is 0 Å². The number of carbonyl (C=O) groups excluding carboxylic acids is 3. The fraction of sp³-hybridized carbons (Fsp3) is 0.438. The van der Waals surface area contributed by atoms with E-state index in [4.69, 9.17) is 0 Å². The van der Waals surface area contributed by atoms with Crippen LogP contribution >= 0.6 is 0 Å². The molecule has 0 saturated carbocycles. The van der Waals surface area contributed by atoms with E-state index >= 15 is 0 Å². The van der Waals surface area contributed by atoms with Gasteiger partial charge in [0.15, 0.2) is 0 Å². The lowest BCUT2D eigenvalue weighted by molar-refractivity contribution is -0.205. The summed E-state index contributed by atoms with van der Waals surface area (Å²) in [5.41, 5.74) is -4.18. The van der Waals surface area contributed by atoms with E-state index < -0.39 is 35.1 Å². The number of urea groups is 1. The number of benzene rings is 1. The lowest BCUT2D eigenvalue weighted by Gasteiger charge is -2.32. The number of rotatable bonds is 3. The molecule has 6 nitrogen and oxygen atoms in total. The smallest absolute Gasteiger partial charge is 0.317 e. The predicted octanol–water partition coefficient (Wildman–Crippen LogP) is 2.16. The van der Waals surface area contributed by atoms with E-state index in [0.717, 1.165) is 0 Å². The first-order valence-electron chi connectivity index (χ1n) is 7.46. The summed E-state index contributed by atoms with van der Waals surface area (Å²) in [5.74, 6) is -2.58. The van der Waals surface area contributed by atoms with Crippen molar-refractivity contribution in [1.82, 2.24) is 15.5 Å². The molecule has 0 aliphatic carbocycles. The van der Waals surface area contributed by atoms with Crippen molar-refractivity contribution in [3.63, 3.8) is 0 Å². The number of halogens is 3. The molecule has 1 saturated heterocycles. The summed E-state index contributed by atoms with van der Waals surface area (Å²) < 4.78 is 40.9. The highest BCUT2D eigenvalue weighted by molar-refractivity contribution is 6.09. The number of nitrogens with zero attached hydrogens (tertiary/aromatic N) is 1. The van der Waals surface area contributed by atoms with Crippen LogP contribution in [0.4, 0.5) is 18.0 Å². The van der Waals surface area contributed by atoms with Gasteiger partial charge in [-0.1, -0.05) is 51.1 Å². The number of hydrogen-bond acceptors (Lipinski definition) is 3. The number of amides is 4. The largest absolute Gasteiger partial charge is 0.440 e. The van der Waals surface area contributed by atoms with Crippen molar-refractivity contribution in [2.45, 2.75) is 39.2 Å². The van der Waals surface area contributed by atoms with Gasteiger partial charge in [0.05, 0.1) is 6.54 Å². The van der Waals surface area contributed by atoms with Crippen LogP contribution in [0.2, 0.25) is 0 Å². The highest BCUT2D eigenvalue weighted by Gasteiger charge is 2.69. The molecule has 2 N–H and O–H groups in total. The molecule has 25 heavy (non-hydrogen) atoms. The van der Waals surface area contributed by atoms with Crippen molar-refractivity contribution in [2.75, 3.05) is 0 Å². The van der Waals surface area contributed by atoms with Crippen LogP contribution in [-0.2, 0) is 16.1 Å². The molecule has 136 valence electrons. The second kappa shape index (κ2) is 6.05. The third-order valence-corrected chi connectivity index (χ3v) is 3.70. The number of nitrogens with one attached hydrogen (secondary N) is 2. The Hall–Kier alpha value is -2.58. The average molecular weight is 357 g/mol. The molecule has 1 aliphatic heterocycles. The Morgan fingerprint density at radius 1 is 1.16 bits per heavy atom. The van der Waals surface area contributed by atoms with E-state index in [9.17, 15) is 27.6 Å². The van der Waals surface area contributed by atoms with E-state index in [1.165, 1.54) is 20.8 Å². The molecule has 0 aromatic heterocycles. The molecule has 1 aliphatic rings. The van der Waals surface area contributed by atoms with Crippen LogP contribution < -0.4 is 10.6 Å². The van der Waals surface area contributed by atoms with Gasteiger partial charge in [0.25, 0.3) is 11.6 Å². The van der Waals surface area contributed by atoms with E-state index in [2.05, 4.69) is 0 Å². The molecule has 1 atom stereocenters. The normalized spacial score (nSPS) is 21.3. The standard InChI is InChI=1S/C16H18F3N3O3/c1-14(2,3)11(23)20-15(16(17,18)19)12(24)22(13(25)21-15)9-10-7-5-4-6-8-10/h4-8H,9H2,1-3H3,(H,20,23)(H,21,25)/t15-/m0/s1. The van der Waals surface area contributed by atoms with Crippen LogP contribution in [0.15, 0.2) is 30.3 Å². The Bertz CT molecular complexity index is 698. The number of carbonyl (C=O) groups is 3. The Balaban J connectivity index is 2.37. The van der Waals surface area contributed by atoms with Gasteiger partial charge in [0, 0.05) is 5.41 Å². The molecule has 0 bridgehead atoms. The van der Waals surface area contributed by atoms with Crippen molar-refractivity contribution < 1.29 is 27.6 Å². The zero-order valence-electron chi connectivity index (χ0n) is 13.9. The Morgan fingerprint density at radius 2 is 1.72 bits per heavy atom. The minimum atomic E-state index is -5.20. The van der Waals surface area contributed by atoms with Crippen LogP contribution in [0.25, 0.3) is 0 Å². The summed E-state index contributed by atoms with van der Waals surface area (Å²) in [6.07, 6.45) is -5.20. The maximum Gasteiger partial charge on any atom is 0.440 e. The Kier molecular flexibility index (Phi) is 4.54. The van der Waals surface area contributed by atoms with E-state index in [1.807, 2.05) is 0 Å². The van der Waals surface area contributed by atoms with Gasteiger partial charge < -0.3 is 5.32 Å². The molecule has 1 fully saturated rings. The minimum absolute atomic E-state index is 0.339. The third kappa shape index (κ3) is 3.45. The number of imide groups is 1. The highest BCUT2D eigenvalue weighted by Crippen LogP contribution is 2.35. The molecule has 0 unspecified atom stereocenters. The first-order valence-corrected chi connectivity index (χ1v) is 7.46. The maximum atomic E-state index is 13.6. The third-order valence-electron chi connectivity index (χ3n) is 3.70. The molecule has 2 rings (SSSR count). The van der Waals surface area contributed by atoms with E-state index in [0.29, 0.717) is 10.5 Å². The van der Waals surface area contributed by atoms with E-state index in [1.54, 1.807) is 41.0 Å². The second-order valence-corrected chi connectivity index (χ2v) is 6.76. The van der Waals surface area contributed by atoms with Crippen molar-refractivity contribution in [1.29, 1.82) is 0 Å². The SMILES string of the molecule is CC(C)(C)C(=O)N[C@]1(C(F)(F)F)NC(=O)N(Cc2ccccc2)C1=O. The van der Waals surface area contributed by atoms with Gasteiger partial charge in [-0.05, 0) is 5.56 Å². The van der Waals surface area contributed by atoms with Gasteiger partial charge >= 0.3 is 12.2 Å². The first-order chi connectivity index (χ1) is 11.4. The van der Waals surface area contributed by atoms with Crippen LogP contribution in [0.3, 0.4) is 0 Å². The van der Waals surface area contributed by atoms with Gasteiger partial charge in [-0.15, -0.1) is 0 Å². The van der Waals surface area contributed by atoms with Crippen molar-refractivity contribution in [2.24, 2.45) is 5.41 Å². The fourth-order valence-electron chi connectivity index (χ4n) is 2.19. The first kappa shape index (κ1) is 18.8. The average Bonchev–Trinajstić information content (AvgIpc) is 2.72. The zero-order valence-corrected chi connectivity index (χ0v) is 13.9. The van der Waals surface area contributed by atoms with Gasteiger partial charge in [-0.25, -0.2) is 4.79 Å². The summed E-state index contributed by atoms with van der Waals surface area (Å²) >= 11 is 0. The zero-order chi connectivity index (χ0) is 19.0. The summed E-state index contributed by atoms with van der Waals surface area (Å²) in [6.45, 7) is 3.86. The summed E-state index contributed by atoms with van der Waals surface area (Å²) in [6, 6.07) is 6.88. The van der Waals surface area contributed by atoms with Crippen LogP contribution in [-0.4, -0.2) is 34.6 Å². The molecular formula is C16H18F3N3O3. The van der Waals surface area contributed by atoms with Crippen LogP contribution in [0.1, 0.15) is 26.3 Å². The molecule has 4 amide bonds. The summed E-state index contributed by atoms with van der Waals surface area (Å²) in [5, 5.41) is 3.29. The van der Waals surface area contributed by atoms with Gasteiger partial charge in [-0.3, -0.25) is 19.8 Å². The predicted molar refractivity (Wildman–Crippen MR) is 81.9 cm³/mol. The van der Waals surface area contributed by atoms with Gasteiger partial charge in [0.2, 0.25) is 5.91 Å². The van der Waals surface area contributed by atoms with Crippen molar-refractivity contribution >= 4 is 17.8 Å². The van der Waals surface area contributed by atoms with Crippen molar-refractivity contribution in [3.05, 3.63) is 35.9 Å². The Morgan fingerprint density at radius 3 is 2.20 bits per heavy atom. The highest BCUT2D eigenvalue weighted by atomic mass is 19.4. The molecule has 0 spiro atoms. The molecule has 1 heterocycles. The Labute approximate surface area is 142 Å². The van der Waals surface area contributed by atoms with E-state index in [-0.39, 0.29) is 6.54 Å². The quantitative estimate of drug-likeness (QED) is 0.814. The molecule has 1 aromatic carbocycles. The summed E-state index contributed by atoms with van der Waals surface area (Å²) in [7, 11) is 0. The van der Waals surface area contributed by atoms with Crippen LogP contribution in [0.5, 0.6) is 0 Å². The number of alkyl halides is 3. The van der Waals surface area contributed by atoms with Crippen molar-refractivity contribution in [3.8, 4) is 0 Å². The topological polar surface area (TPSA) is 78.5 Å². The molecule has 1 aromatic rings. The molecule has 0 radical (unpaired) electrons. The summed E-state index contributed by atoms with van der Waals surface area (Å²) in [4.78, 5) is 37.0. The monoisotopic (exact) mass is 357 g/mol. The lowest BCUT2D eigenvalue weighted by Crippen LogP contribution is -2.70. The molecular weight excluding hydrogens is 339 g/mol. The fourth-order valence-corrected chi connectivity index (χ4v) is 2.19. The number of hydrogen-bond donors (Lipinski definition) is 2. The molecule has 9 heteroatoms.